The average Bonchev–Trinajstić information content (AvgIpc) is 2.72. The Kier molecular flexibility index (Phi) is 3.84. The van der Waals surface area contributed by atoms with Crippen LogP contribution in [0, 0.1) is 0 Å². The van der Waals surface area contributed by atoms with Crippen LogP contribution in [0.1, 0.15) is 17.2 Å². The second-order valence-electron chi connectivity index (χ2n) is 3.98. The molecule has 0 fully saturated rings. The van der Waals surface area contributed by atoms with Crippen LogP contribution in [0.2, 0.25) is 0 Å². The van der Waals surface area contributed by atoms with Gasteiger partial charge in [-0.2, -0.15) is 13.2 Å². The largest absolute Gasteiger partial charge is 0.451 e. The minimum absolute atomic E-state index is 0.0194. The molecule has 1 heterocycles. The van der Waals surface area contributed by atoms with Crippen molar-refractivity contribution in [3.63, 3.8) is 0 Å². The first-order chi connectivity index (χ1) is 8.98. The molecule has 4 nitrogen and oxygen atoms in total. The van der Waals surface area contributed by atoms with Crippen molar-refractivity contribution in [2.45, 2.75) is 19.4 Å². The minimum atomic E-state index is -4.50. The van der Waals surface area contributed by atoms with Crippen LogP contribution < -0.4 is 0 Å². The fraction of sp³-hybridized carbons (Fsp3) is 0.333. The van der Waals surface area contributed by atoms with Crippen LogP contribution in [0.3, 0.4) is 0 Å². The lowest BCUT2D eigenvalue weighted by Gasteiger charge is -2.07. The maximum atomic E-state index is 12.5. The Hall–Kier alpha value is -1.89. The van der Waals surface area contributed by atoms with Gasteiger partial charge in [-0.3, -0.25) is 0 Å². The summed E-state index contributed by atoms with van der Waals surface area (Å²) in [5.41, 5.74) is 0.945. The molecule has 0 bridgehead atoms. The molecule has 102 valence electrons. The van der Waals surface area contributed by atoms with E-state index in [1.54, 1.807) is 0 Å². The first kappa shape index (κ1) is 13.5. The summed E-state index contributed by atoms with van der Waals surface area (Å²) >= 11 is 0. The Balaban J connectivity index is 1.96. The summed E-state index contributed by atoms with van der Waals surface area (Å²) in [4.78, 5) is 0. The third-order valence-electron chi connectivity index (χ3n) is 2.56. The fourth-order valence-electron chi connectivity index (χ4n) is 1.57. The van der Waals surface area contributed by atoms with E-state index in [2.05, 4.69) is 10.2 Å². The molecule has 0 atom stereocenters. The minimum Gasteiger partial charge on any atom is -0.369 e. The number of aromatic nitrogens is 3. The van der Waals surface area contributed by atoms with Crippen LogP contribution in [-0.4, -0.2) is 14.8 Å². The second-order valence-corrected chi connectivity index (χ2v) is 3.98. The summed E-state index contributed by atoms with van der Waals surface area (Å²) in [5, 5.41) is 6.60. The molecule has 0 unspecified atom stereocenters. The van der Waals surface area contributed by atoms with Crippen molar-refractivity contribution in [2.24, 2.45) is 7.05 Å². The quantitative estimate of drug-likeness (QED) is 0.858. The van der Waals surface area contributed by atoms with Crippen molar-refractivity contribution in [1.29, 1.82) is 0 Å². The zero-order chi connectivity index (χ0) is 13.9. The van der Waals surface area contributed by atoms with Gasteiger partial charge in [-0.1, -0.05) is 30.3 Å². The van der Waals surface area contributed by atoms with E-state index >= 15 is 0 Å². The van der Waals surface area contributed by atoms with Crippen molar-refractivity contribution < 1.29 is 17.9 Å². The first-order valence-corrected chi connectivity index (χ1v) is 5.55. The highest BCUT2D eigenvalue weighted by Gasteiger charge is 2.37. The van der Waals surface area contributed by atoms with E-state index in [1.165, 1.54) is 7.05 Å². The molecule has 0 radical (unpaired) electrons. The van der Waals surface area contributed by atoms with Gasteiger partial charge in [0, 0.05) is 7.05 Å². The molecule has 0 spiro atoms. The monoisotopic (exact) mass is 271 g/mol. The zero-order valence-corrected chi connectivity index (χ0v) is 10.2. The predicted octanol–water partition coefficient (Wildman–Crippen LogP) is 2.55. The molecule has 0 N–H and O–H groups in total. The standard InChI is InChI=1S/C12H12F3N3O/c1-18-10(16-17-11(18)12(13,14)15)8-19-7-9-5-3-2-4-6-9/h2-6H,7-8H2,1H3. The number of ether oxygens (including phenoxy) is 1. The first-order valence-electron chi connectivity index (χ1n) is 5.55. The zero-order valence-electron chi connectivity index (χ0n) is 10.2. The van der Waals surface area contributed by atoms with Crippen LogP contribution >= 0.6 is 0 Å². The van der Waals surface area contributed by atoms with E-state index in [4.69, 9.17) is 4.74 Å². The summed E-state index contributed by atoms with van der Waals surface area (Å²) in [5.74, 6) is -0.880. The van der Waals surface area contributed by atoms with Gasteiger partial charge in [0.15, 0.2) is 5.82 Å². The molecule has 0 aliphatic rings. The van der Waals surface area contributed by atoms with Crippen LogP contribution in [0.15, 0.2) is 30.3 Å². The third kappa shape index (κ3) is 3.31. The maximum absolute atomic E-state index is 12.5. The van der Waals surface area contributed by atoms with Crippen LogP contribution in [-0.2, 0) is 31.2 Å². The number of nitrogens with zero attached hydrogens (tertiary/aromatic N) is 3. The Morgan fingerprint density at radius 2 is 1.79 bits per heavy atom. The molecule has 0 saturated carbocycles. The van der Waals surface area contributed by atoms with Gasteiger partial charge >= 0.3 is 6.18 Å². The summed E-state index contributed by atoms with van der Waals surface area (Å²) in [6.45, 7) is 0.295. The Morgan fingerprint density at radius 1 is 1.11 bits per heavy atom. The van der Waals surface area contributed by atoms with Crippen LogP contribution in [0.25, 0.3) is 0 Å². The Bertz CT molecular complexity index is 537. The van der Waals surface area contributed by atoms with Crippen molar-refractivity contribution in [1.82, 2.24) is 14.8 Å². The number of rotatable bonds is 4. The summed E-state index contributed by atoms with van der Waals surface area (Å²) in [6, 6.07) is 9.35. The second kappa shape index (κ2) is 5.40. The van der Waals surface area contributed by atoms with Gasteiger partial charge in [-0.05, 0) is 5.56 Å². The van der Waals surface area contributed by atoms with Gasteiger partial charge in [-0.15, -0.1) is 10.2 Å². The fourth-order valence-corrected chi connectivity index (χ4v) is 1.57. The van der Waals surface area contributed by atoms with Crippen LogP contribution in [0.4, 0.5) is 13.2 Å². The van der Waals surface area contributed by atoms with Crippen molar-refractivity contribution in [3.8, 4) is 0 Å². The number of hydrogen-bond donors (Lipinski definition) is 0. The van der Waals surface area contributed by atoms with Gasteiger partial charge in [0.05, 0.1) is 6.61 Å². The molecule has 1 aromatic carbocycles. The van der Waals surface area contributed by atoms with E-state index in [1.807, 2.05) is 30.3 Å². The Morgan fingerprint density at radius 3 is 2.37 bits per heavy atom. The van der Waals surface area contributed by atoms with E-state index in [0.29, 0.717) is 6.61 Å². The molecule has 1 aromatic heterocycles. The van der Waals surface area contributed by atoms with Gasteiger partial charge in [0.25, 0.3) is 0 Å². The molecule has 2 rings (SSSR count). The number of hydrogen-bond acceptors (Lipinski definition) is 3. The third-order valence-corrected chi connectivity index (χ3v) is 2.56. The van der Waals surface area contributed by atoms with Gasteiger partial charge in [-0.25, -0.2) is 0 Å². The topological polar surface area (TPSA) is 39.9 Å². The molecule has 0 saturated heterocycles. The highest BCUT2D eigenvalue weighted by molar-refractivity contribution is 5.13. The molecular formula is C12H12F3N3O. The summed E-state index contributed by atoms with van der Waals surface area (Å²) in [6.07, 6.45) is -4.50. The lowest BCUT2D eigenvalue weighted by molar-refractivity contribution is -0.147. The van der Waals surface area contributed by atoms with Crippen LogP contribution in [0.5, 0.6) is 0 Å². The molecule has 7 heteroatoms. The van der Waals surface area contributed by atoms with Crippen molar-refractivity contribution in [3.05, 3.63) is 47.5 Å². The molecular weight excluding hydrogens is 259 g/mol. The normalized spacial score (nSPS) is 11.8. The van der Waals surface area contributed by atoms with Gasteiger partial charge < -0.3 is 9.30 Å². The smallest absolute Gasteiger partial charge is 0.369 e. The highest BCUT2D eigenvalue weighted by atomic mass is 19.4. The van der Waals surface area contributed by atoms with E-state index < -0.39 is 12.0 Å². The lowest BCUT2D eigenvalue weighted by Crippen LogP contribution is -2.14. The molecule has 0 aliphatic carbocycles. The molecule has 19 heavy (non-hydrogen) atoms. The molecule has 0 amide bonds. The average molecular weight is 271 g/mol. The van der Waals surface area contributed by atoms with Crippen molar-refractivity contribution >= 4 is 0 Å². The predicted molar refractivity (Wildman–Crippen MR) is 60.9 cm³/mol. The SMILES string of the molecule is Cn1c(COCc2ccccc2)nnc1C(F)(F)F. The lowest BCUT2D eigenvalue weighted by atomic mass is 10.2. The van der Waals surface area contributed by atoms with Gasteiger partial charge in [0.2, 0.25) is 5.82 Å². The number of alkyl halides is 3. The van der Waals surface area contributed by atoms with Gasteiger partial charge in [0.1, 0.15) is 6.61 Å². The maximum Gasteiger partial charge on any atom is 0.451 e. The van der Waals surface area contributed by atoms with E-state index in [9.17, 15) is 13.2 Å². The Labute approximate surface area is 107 Å². The van der Waals surface area contributed by atoms with E-state index in [-0.39, 0.29) is 12.4 Å². The highest BCUT2D eigenvalue weighted by Crippen LogP contribution is 2.27. The molecule has 2 aromatic rings. The summed E-state index contributed by atoms with van der Waals surface area (Å²) < 4.78 is 43.7. The molecule has 0 aliphatic heterocycles. The number of halogens is 3. The van der Waals surface area contributed by atoms with Crippen molar-refractivity contribution in [2.75, 3.05) is 0 Å². The number of benzene rings is 1. The van der Waals surface area contributed by atoms with E-state index in [0.717, 1.165) is 10.1 Å². The summed E-state index contributed by atoms with van der Waals surface area (Å²) in [7, 11) is 1.27.